The van der Waals surface area contributed by atoms with Crippen molar-refractivity contribution in [3.8, 4) is 11.5 Å². The number of nitrogens with one attached hydrogen (secondary N) is 1. The Morgan fingerprint density at radius 1 is 1.11 bits per heavy atom. The first-order chi connectivity index (χ1) is 13.8. The monoisotopic (exact) mass is 396 g/mol. The highest BCUT2D eigenvalue weighted by Crippen LogP contribution is 2.28. The smallest absolute Gasteiger partial charge is 0.248 e. The van der Waals surface area contributed by atoms with E-state index in [9.17, 15) is 4.79 Å². The van der Waals surface area contributed by atoms with Gasteiger partial charge in [0.2, 0.25) is 17.7 Å². The number of carbonyl (C=O) groups is 1. The Balaban J connectivity index is 1.36. The molecule has 1 fully saturated rings. The molecule has 146 valence electrons. The number of amides is 1. The standard InChI is InChI=1S/C21H24N4O2S/c26-19(9-10-20-23-24-21(27-20)16-11-14-28-15-16)22-17-7-3-4-8-18(17)25-12-5-1-2-6-13-25/h3-4,7-8,11,14-15H,1-2,5-6,9-10,12-13H2,(H,22,26). The Kier molecular flexibility index (Phi) is 6.01. The summed E-state index contributed by atoms with van der Waals surface area (Å²) in [5.41, 5.74) is 2.90. The first-order valence-electron chi connectivity index (χ1n) is 9.78. The van der Waals surface area contributed by atoms with Crippen LogP contribution in [0, 0.1) is 0 Å². The van der Waals surface area contributed by atoms with Gasteiger partial charge in [-0.3, -0.25) is 4.79 Å². The van der Waals surface area contributed by atoms with E-state index in [1.807, 2.05) is 35.0 Å². The number of para-hydroxylation sites is 2. The van der Waals surface area contributed by atoms with Gasteiger partial charge in [-0.25, -0.2) is 0 Å². The summed E-state index contributed by atoms with van der Waals surface area (Å²) in [6.07, 6.45) is 5.69. The molecule has 0 atom stereocenters. The molecule has 1 saturated heterocycles. The Morgan fingerprint density at radius 3 is 2.71 bits per heavy atom. The molecule has 0 aliphatic carbocycles. The number of hydrogen-bond donors (Lipinski definition) is 1. The van der Waals surface area contributed by atoms with Gasteiger partial charge in [-0.05, 0) is 36.4 Å². The fourth-order valence-corrected chi connectivity index (χ4v) is 4.09. The molecule has 3 aromatic rings. The molecule has 0 spiro atoms. The van der Waals surface area contributed by atoms with E-state index in [1.54, 1.807) is 11.3 Å². The van der Waals surface area contributed by atoms with Gasteiger partial charge in [-0.2, -0.15) is 11.3 Å². The number of hydrogen-bond acceptors (Lipinski definition) is 6. The van der Waals surface area contributed by atoms with Crippen LogP contribution in [0.5, 0.6) is 0 Å². The van der Waals surface area contributed by atoms with Crippen molar-refractivity contribution in [1.82, 2.24) is 10.2 Å². The van der Waals surface area contributed by atoms with Crippen molar-refractivity contribution < 1.29 is 9.21 Å². The van der Waals surface area contributed by atoms with E-state index in [4.69, 9.17) is 4.42 Å². The van der Waals surface area contributed by atoms with Gasteiger partial charge in [0, 0.05) is 36.9 Å². The van der Waals surface area contributed by atoms with Gasteiger partial charge in [-0.1, -0.05) is 25.0 Å². The van der Waals surface area contributed by atoms with Crippen LogP contribution in [0.2, 0.25) is 0 Å². The Bertz CT molecular complexity index is 899. The number of benzene rings is 1. The van der Waals surface area contributed by atoms with E-state index < -0.39 is 0 Å². The average molecular weight is 397 g/mol. The number of aromatic nitrogens is 2. The molecule has 3 heterocycles. The number of thiophene rings is 1. The molecular weight excluding hydrogens is 372 g/mol. The summed E-state index contributed by atoms with van der Waals surface area (Å²) in [5.74, 6) is 0.942. The molecule has 1 aliphatic rings. The summed E-state index contributed by atoms with van der Waals surface area (Å²) < 4.78 is 5.66. The Morgan fingerprint density at radius 2 is 1.93 bits per heavy atom. The lowest BCUT2D eigenvalue weighted by Crippen LogP contribution is -2.25. The molecular formula is C21H24N4O2S. The largest absolute Gasteiger partial charge is 0.421 e. The summed E-state index contributed by atoms with van der Waals surface area (Å²) in [7, 11) is 0. The van der Waals surface area contributed by atoms with E-state index in [1.165, 1.54) is 25.7 Å². The van der Waals surface area contributed by atoms with Crippen LogP contribution in [0.25, 0.3) is 11.5 Å². The molecule has 4 rings (SSSR count). The molecule has 2 aromatic heterocycles. The quantitative estimate of drug-likeness (QED) is 0.651. The molecule has 28 heavy (non-hydrogen) atoms. The fourth-order valence-electron chi connectivity index (χ4n) is 3.46. The highest BCUT2D eigenvalue weighted by molar-refractivity contribution is 7.08. The van der Waals surface area contributed by atoms with Gasteiger partial charge < -0.3 is 14.6 Å². The molecule has 6 nitrogen and oxygen atoms in total. The van der Waals surface area contributed by atoms with Gasteiger partial charge in [0.15, 0.2) is 0 Å². The molecule has 1 aromatic carbocycles. The zero-order valence-electron chi connectivity index (χ0n) is 15.8. The lowest BCUT2D eigenvalue weighted by Gasteiger charge is -2.25. The summed E-state index contributed by atoms with van der Waals surface area (Å²) in [6, 6.07) is 9.99. The van der Waals surface area contributed by atoms with Crippen molar-refractivity contribution in [3.05, 3.63) is 47.0 Å². The van der Waals surface area contributed by atoms with Crippen molar-refractivity contribution in [1.29, 1.82) is 0 Å². The third kappa shape index (κ3) is 4.59. The number of aryl methyl sites for hydroxylation is 1. The maximum Gasteiger partial charge on any atom is 0.248 e. The summed E-state index contributed by atoms with van der Waals surface area (Å²) >= 11 is 1.58. The van der Waals surface area contributed by atoms with E-state index in [2.05, 4.69) is 26.5 Å². The maximum atomic E-state index is 12.5. The topological polar surface area (TPSA) is 71.3 Å². The van der Waals surface area contributed by atoms with Crippen molar-refractivity contribution in [2.75, 3.05) is 23.3 Å². The van der Waals surface area contributed by atoms with Crippen LogP contribution in [0.1, 0.15) is 38.0 Å². The zero-order chi connectivity index (χ0) is 19.2. The van der Waals surface area contributed by atoms with Crippen molar-refractivity contribution in [2.45, 2.75) is 38.5 Å². The highest BCUT2D eigenvalue weighted by atomic mass is 32.1. The van der Waals surface area contributed by atoms with Gasteiger partial charge in [0.05, 0.1) is 11.4 Å². The van der Waals surface area contributed by atoms with E-state index in [0.717, 1.165) is 30.0 Å². The molecule has 0 unspecified atom stereocenters. The number of anilines is 2. The molecule has 1 N–H and O–H groups in total. The number of nitrogens with zero attached hydrogens (tertiary/aromatic N) is 3. The minimum atomic E-state index is -0.0439. The van der Waals surface area contributed by atoms with Crippen LogP contribution < -0.4 is 10.2 Å². The minimum absolute atomic E-state index is 0.0439. The summed E-state index contributed by atoms with van der Waals surface area (Å²) in [5, 5.41) is 15.1. The highest BCUT2D eigenvalue weighted by Gasteiger charge is 2.16. The summed E-state index contributed by atoms with van der Waals surface area (Å²) in [4.78, 5) is 14.9. The van der Waals surface area contributed by atoms with Crippen LogP contribution in [0.3, 0.4) is 0 Å². The summed E-state index contributed by atoms with van der Waals surface area (Å²) in [6.45, 7) is 2.08. The second-order valence-electron chi connectivity index (χ2n) is 6.98. The van der Waals surface area contributed by atoms with Crippen LogP contribution in [-0.4, -0.2) is 29.2 Å². The minimum Gasteiger partial charge on any atom is -0.421 e. The van der Waals surface area contributed by atoms with Gasteiger partial charge >= 0.3 is 0 Å². The predicted octanol–water partition coefficient (Wildman–Crippen LogP) is 4.75. The van der Waals surface area contributed by atoms with Crippen molar-refractivity contribution in [3.63, 3.8) is 0 Å². The normalized spacial score (nSPS) is 14.6. The van der Waals surface area contributed by atoms with Gasteiger partial charge in [0.1, 0.15) is 0 Å². The molecule has 1 aliphatic heterocycles. The molecule has 0 bridgehead atoms. The van der Waals surface area contributed by atoms with Crippen LogP contribution in [0.15, 0.2) is 45.5 Å². The zero-order valence-corrected chi connectivity index (χ0v) is 16.6. The SMILES string of the molecule is O=C(CCc1nnc(-c2ccsc2)o1)Nc1ccccc1N1CCCCCC1. The van der Waals surface area contributed by atoms with E-state index in [0.29, 0.717) is 24.6 Å². The lowest BCUT2D eigenvalue weighted by molar-refractivity contribution is -0.116. The fraction of sp³-hybridized carbons (Fsp3) is 0.381. The second kappa shape index (κ2) is 9.01. The second-order valence-corrected chi connectivity index (χ2v) is 7.76. The lowest BCUT2D eigenvalue weighted by atomic mass is 10.2. The van der Waals surface area contributed by atoms with Gasteiger partial charge in [0.25, 0.3) is 0 Å². The maximum absolute atomic E-state index is 12.5. The van der Waals surface area contributed by atoms with Crippen molar-refractivity contribution in [2.24, 2.45) is 0 Å². The van der Waals surface area contributed by atoms with Crippen LogP contribution in [0.4, 0.5) is 11.4 Å². The number of carbonyl (C=O) groups excluding carboxylic acids is 1. The van der Waals surface area contributed by atoms with Crippen LogP contribution in [-0.2, 0) is 11.2 Å². The number of rotatable bonds is 6. The Labute approximate surface area is 168 Å². The van der Waals surface area contributed by atoms with E-state index in [-0.39, 0.29) is 5.91 Å². The van der Waals surface area contributed by atoms with Crippen LogP contribution >= 0.6 is 11.3 Å². The third-order valence-electron chi connectivity index (χ3n) is 4.93. The van der Waals surface area contributed by atoms with Gasteiger partial charge in [-0.15, -0.1) is 10.2 Å². The predicted molar refractivity (Wildman–Crippen MR) is 112 cm³/mol. The molecule has 0 saturated carbocycles. The molecule has 0 radical (unpaired) electrons. The third-order valence-corrected chi connectivity index (χ3v) is 5.61. The first kappa shape index (κ1) is 18.7. The van der Waals surface area contributed by atoms with E-state index >= 15 is 0 Å². The van der Waals surface area contributed by atoms with Crippen molar-refractivity contribution >= 4 is 28.6 Å². The first-order valence-corrected chi connectivity index (χ1v) is 10.7. The molecule has 7 heteroatoms. The Hall–Kier alpha value is -2.67. The molecule has 1 amide bonds. The average Bonchev–Trinajstić information content (AvgIpc) is 3.34.